The Morgan fingerprint density at radius 3 is 2.69 bits per heavy atom. The molecule has 1 atom stereocenters. The van der Waals surface area contributed by atoms with E-state index in [0.717, 1.165) is 5.56 Å². The monoisotopic (exact) mass is 562 g/mol. The van der Waals surface area contributed by atoms with E-state index in [9.17, 15) is 18.5 Å². The van der Waals surface area contributed by atoms with Gasteiger partial charge in [-0.1, -0.05) is 12.1 Å². The van der Waals surface area contributed by atoms with Crippen LogP contribution in [-0.4, -0.2) is 47.0 Å². The Morgan fingerprint density at radius 2 is 2.03 bits per heavy atom. The van der Waals surface area contributed by atoms with Crippen LogP contribution in [0.25, 0.3) is 10.9 Å². The quantitative estimate of drug-likeness (QED) is 0.308. The molecule has 0 radical (unpaired) electrons. The average molecular weight is 563 g/mol. The molecule has 2 aromatic carbocycles. The molecule has 0 aliphatic carbocycles. The Morgan fingerprint density at radius 1 is 1.29 bits per heavy atom. The molecule has 0 saturated heterocycles. The van der Waals surface area contributed by atoms with E-state index in [4.69, 9.17) is 4.74 Å². The molecule has 1 N–H and O–H groups in total. The van der Waals surface area contributed by atoms with Crippen molar-refractivity contribution in [2.75, 3.05) is 12.4 Å². The van der Waals surface area contributed by atoms with Crippen molar-refractivity contribution in [1.82, 2.24) is 19.3 Å². The van der Waals surface area contributed by atoms with Gasteiger partial charge in [0.15, 0.2) is 0 Å². The number of benzene rings is 2. The molecule has 2 aromatic heterocycles. The van der Waals surface area contributed by atoms with Gasteiger partial charge in [0.1, 0.15) is 24.2 Å². The number of aromatic nitrogens is 4. The number of aryl methyl sites for hydroxylation is 2. The van der Waals surface area contributed by atoms with Gasteiger partial charge in [0.25, 0.3) is 0 Å². The molecule has 4 aromatic rings. The summed E-state index contributed by atoms with van der Waals surface area (Å²) in [6, 6.07) is 7.82. The molecule has 8 nitrogen and oxygen atoms in total. The fraction of sp³-hybridized carbons (Fsp3) is 0.292. The Balaban J connectivity index is 1.76. The zero-order chi connectivity index (χ0) is 25.1. The maximum atomic E-state index is 13.2. The van der Waals surface area contributed by atoms with Crippen molar-refractivity contribution in [3.8, 4) is 5.75 Å². The second-order valence-electron chi connectivity index (χ2n) is 7.94. The molecule has 2 heterocycles. The molecular formula is C24H24BrFN4O4S. The Kier molecular flexibility index (Phi) is 7.66. The van der Waals surface area contributed by atoms with Gasteiger partial charge in [-0.05, 0) is 53.0 Å². The van der Waals surface area contributed by atoms with Crippen molar-refractivity contribution >= 4 is 43.6 Å². The normalized spacial score (nSPS) is 12.2. The Bertz CT molecular complexity index is 1390. The third kappa shape index (κ3) is 5.30. The van der Waals surface area contributed by atoms with Gasteiger partial charge in [-0.3, -0.25) is 4.21 Å². The van der Waals surface area contributed by atoms with Gasteiger partial charge in [-0.15, -0.1) is 0 Å². The topological polar surface area (TPSA) is 99.2 Å². The summed E-state index contributed by atoms with van der Waals surface area (Å²) >= 11 is 3.40. The molecule has 0 bridgehead atoms. The van der Waals surface area contributed by atoms with Crippen molar-refractivity contribution in [3.05, 3.63) is 75.7 Å². The fourth-order valence-electron chi connectivity index (χ4n) is 4.01. The summed E-state index contributed by atoms with van der Waals surface area (Å²) in [6.07, 6.45) is 3.42. The van der Waals surface area contributed by atoms with Crippen molar-refractivity contribution in [3.63, 3.8) is 0 Å². The number of esters is 1. The van der Waals surface area contributed by atoms with Gasteiger partial charge >= 0.3 is 5.97 Å². The lowest BCUT2D eigenvalue weighted by atomic mass is 10.0. The van der Waals surface area contributed by atoms with Gasteiger partial charge < -0.3 is 14.4 Å². The van der Waals surface area contributed by atoms with E-state index < -0.39 is 16.8 Å². The van der Waals surface area contributed by atoms with E-state index in [1.165, 1.54) is 24.8 Å². The number of halogens is 2. The first-order chi connectivity index (χ1) is 16.8. The second kappa shape index (κ2) is 10.7. The lowest BCUT2D eigenvalue weighted by Gasteiger charge is -2.11. The van der Waals surface area contributed by atoms with Crippen LogP contribution >= 0.6 is 15.9 Å². The first-order valence-corrected chi connectivity index (χ1v) is 13.2. The van der Waals surface area contributed by atoms with Crippen molar-refractivity contribution in [2.24, 2.45) is 7.05 Å². The molecule has 184 valence electrons. The van der Waals surface area contributed by atoms with Crippen LogP contribution in [0.4, 0.5) is 4.39 Å². The van der Waals surface area contributed by atoms with Gasteiger partial charge in [0.2, 0.25) is 0 Å². The third-order valence-electron chi connectivity index (χ3n) is 5.73. The molecule has 0 spiro atoms. The van der Waals surface area contributed by atoms with E-state index in [-0.39, 0.29) is 36.0 Å². The van der Waals surface area contributed by atoms with Crippen LogP contribution < -0.4 is 0 Å². The maximum absolute atomic E-state index is 13.2. The van der Waals surface area contributed by atoms with Crippen LogP contribution in [-0.2, 0) is 41.3 Å². The minimum absolute atomic E-state index is 0.0202. The van der Waals surface area contributed by atoms with E-state index in [0.29, 0.717) is 38.8 Å². The molecular weight excluding hydrogens is 539 g/mol. The highest BCUT2D eigenvalue weighted by atomic mass is 79.9. The Labute approximate surface area is 212 Å². The number of nitrogens with zero attached hydrogens (tertiary/aromatic N) is 4. The van der Waals surface area contributed by atoms with E-state index in [2.05, 4.69) is 26.0 Å². The molecule has 35 heavy (non-hydrogen) atoms. The molecule has 0 amide bonds. The number of carbonyl (C=O) groups excluding carboxylic acids is 1. The molecule has 0 aliphatic rings. The zero-order valence-corrected chi connectivity index (χ0v) is 21.6. The molecule has 0 fully saturated rings. The zero-order valence-electron chi connectivity index (χ0n) is 19.2. The maximum Gasteiger partial charge on any atom is 0.340 e. The lowest BCUT2D eigenvalue weighted by molar-refractivity contribution is 0.0527. The number of ether oxygens (including phenoxy) is 1. The highest BCUT2D eigenvalue weighted by Gasteiger charge is 2.28. The summed E-state index contributed by atoms with van der Waals surface area (Å²) in [5, 5.41) is 15.5. The highest BCUT2D eigenvalue weighted by Crippen LogP contribution is 2.40. The first-order valence-electron chi connectivity index (χ1n) is 10.9. The largest absolute Gasteiger partial charge is 0.506 e. The van der Waals surface area contributed by atoms with Crippen LogP contribution in [0.15, 0.2) is 47.5 Å². The summed E-state index contributed by atoms with van der Waals surface area (Å²) in [5.41, 5.74) is 2.86. The van der Waals surface area contributed by atoms with Crippen LogP contribution in [0.3, 0.4) is 0 Å². The van der Waals surface area contributed by atoms with E-state index >= 15 is 0 Å². The molecule has 1 unspecified atom stereocenters. The van der Waals surface area contributed by atoms with Crippen LogP contribution in [0, 0.1) is 5.82 Å². The molecule has 0 aliphatic heterocycles. The minimum atomic E-state index is -1.32. The van der Waals surface area contributed by atoms with Gasteiger partial charge in [0.05, 0.1) is 34.5 Å². The predicted molar refractivity (Wildman–Crippen MR) is 134 cm³/mol. The van der Waals surface area contributed by atoms with E-state index in [1.807, 2.05) is 4.57 Å². The number of hydrogen-bond donors (Lipinski definition) is 1. The number of fused-ring (bicyclic) bond motifs is 1. The summed E-state index contributed by atoms with van der Waals surface area (Å²) < 4.78 is 35.4. The number of carbonyl (C=O) groups is 1. The lowest BCUT2D eigenvalue weighted by Crippen LogP contribution is -2.13. The van der Waals surface area contributed by atoms with Crippen LogP contribution in [0.1, 0.15) is 34.1 Å². The number of hydrogen-bond acceptors (Lipinski definition) is 6. The second-order valence-corrected chi connectivity index (χ2v) is 10.4. The summed E-state index contributed by atoms with van der Waals surface area (Å²) in [5.74, 6) is -0.434. The number of phenols is 1. The highest BCUT2D eigenvalue weighted by molar-refractivity contribution is 9.10. The molecule has 0 saturated carbocycles. The predicted octanol–water partition coefficient (Wildman–Crippen LogP) is 4.09. The standard InChI is InChI=1S/C24H24BrFN4O4S/c1-3-34-24(32)22-20(12-35(33)9-8-15-4-6-16(26)7-5-15)29(2)19-10-18(25)23(31)17(21(19)22)11-30-14-27-13-28-30/h4-7,10,13-14,31H,3,8-9,11-12H2,1-2H3. The van der Waals surface area contributed by atoms with Crippen molar-refractivity contribution < 1.29 is 23.2 Å². The molecule has 4 rings (SSSR count). The molecule has 11 heteroatoms. The van der Waals surface area contributed by atoms with Gasteiger partial charge in [0, 0.05) is 40.2 Å². The van der Waals surface area contributed by atoms with E-state index in [1.54, 1.807) is 36.9 Å². The minimum Gasteiger partial charge on any atom is -0.506 e. The van der Waals surface area contributed by atoms with Crippen LogP contribution in [0.5, 0.6) is 5.75 Å². The number of rotatable bonds is 9. The van der Waals surface area contributed by atoms with Crippen molar-refractivity contribution in [2.45, 2.75) is 25.6 Å². The first kappa shape index (κ1) is 25.1. The Hall–Kier alpha value is -3.05. The fourth-order valence-corrected chi connectivity index (χ4v) is 5.72. The summed E-state index contributed by atoms with van der Waals surface area (Å²) in [7, 11) is 0.474. The third-order valence-corrected chi connectivity index (χ3v) is 7.59. The average Bonchev–Trinajstić information content (AvgIpc) is 3.43. The summed E-state index contributed by atoms with van der Waals surface area (Å²) in [6.45, 7) is 2.06. The SMILES string of the molecule is CCOC(=O)c1c(CS(=O)CCc2ccc(F)cc2)n(C)c2cc(Br)c(O)c(Cn3cncn3)c12. The number of phenolic OH excluding ortho intramolecular Hbond substituents is 1. The van der Waals surface area contributed by atoms with Gasteiger partial charge in [-0.2, -0.15) is 5.10 Å². The van der Waals surface area contributed by atoms with Crippen LogP contribution in [0.2, 0.25) is 0 Å². The van der Waals surface area contributed by atoms with Gasteiger partial charge in [-0.25, -0.2) is 18.9 Å². The number of aromatic hydroxyl groups is 1. The smallest absolute Gasteiger partial charge is 0.340 e. The summed E-state index contributed by atoms with van der Waals surface area (Å²) in [4.78, 5) is 17.1. The van der Waals surface area contributed by atoms with Crippen molar-refractivity contribution in [1.29, 1.82) is 0 Å².